The van der Waals surface area contributed by atoms with Gasteiger partial charge in [0, 0.05) is 5.56 Å². The molecule has 100 valence electrons. The van der Waals surface area contributed by atoms with Gasteiger partial charge in [0.15, 0.2) is 0 Å². The molecule has 0 unspecified atom stereocenters. The zero-order valence-corrected chi connectivity index (χ0v) is 10.9. The third kappa shape index (κ3) is 3.80. The van der Waals surface area contributed by atoms with Gasteiger partial charge in [-0.15, -0.1) is 0 Å². The van der Waals surface area contributed by atoms with E-state index in [1.807, 2.05) is 6.07 Å². The quantitative estimate of drug-likeness (QED) is 0.862. The standard InChI is InChI=1S/C13H16N4O2/c1-9(2)7-19-11-5-3-4-10(6-11)12(18)16-13-14-8-15-17-13/h3-6,8-9H,7H2,1-2H3,(H2,14,15,16,17,18). The molecule has 0 aliphatic heterocycles. The number of hydrogen-bond donors (Lipinski definition) is 2. The van der Waals surface area contributed by atoms with Crippen molar-refractivity contribution in [3.05, 3.63) is 36.2 Å². The van der Waals surface area contributed by atoms with Gasteiger partial charge in [0.1, 0.15) is 12.1 Å². The van der Waals surface area contributed by atoms with Crippen LogP contribution in [0, 0.1) is 5.92 Å². The molecule has 0 saturated carbocycles. The highest BCUT2D eigenvalue weighted by Gasteiger charge is 2.08. The molecule has 2 rings (SSSR count). The largest absolute Gasteiger partial charge is 0.493 e. The third-order valence-corrected chi connectivity index (χ3v) is 2.33. The molecule has 0 aliphatic carbocycles. The highest BCUT2D eigenvalue weighted by atomic mass is 16.5. The summed E-state index contributed by atoms with van der Waals surface area (Å²) in [6.07, 6.45) is 1.33. The molecule has 6 nitrogen and oxygen atoms in total. The number of aromatic nitrogens is 3. The number of nitrogens with zero attached hydrogens (tertiary/aromatic N) is 2. The molecule has 0 bridgehead atoms. The molecule has 6 heteroatoms. The average Bonchev–Trinajstić information content (AvgIpc) is 2.89. The van der Waals surface area contributed by atoms with E-state index in [9.17, 15) is 4.79 Å². The van der Waals surface area contributed by atoms with Crippen LogP contribution in [0.25, 0.3) is 0 Å². The first-order chi connectivity index (χ1) is 9.15. The van der Waals surface area contributed by atoms with Crippen molar-refractivity contribution in [2.24, 2.45) is 5.92 Å². The van der Waals surface area contributed by atoms with Crippen molar-refractivity contribution < 1.29 is 9.53 Å². The number of carbonyl (C=O) groups excluding carboxylic acids is 1. The number of hydrogen-bond acceptors (Lipinski definition) is 4. The number of H-pyrrole nitrogens is 1. The Labute approximate surface area is 111 Å². The molecule has 0 radical (unpaired) electrons. The lowest BCUT2D eigenvalue weighted by molar-refractivity contribution is 0.102. The molecule has 0 aliphatic rings. The Morgan fingerprint density at radius 1 is 1.47 bits per heavy atom. The minimum absolute atomic E-state index is 0.258. The SMILES string of the molecule is CC(C)COc1cccc(C(=O)Nc2ncn[nH]2)c1. The first kappa shape index (κ1) is 13.1. The van der Waals surface area contributed by atoms with Crippen molar-refractivity contribution in [3.8, 4) is 5.75 Å². The van der Waals surface area contributed by atoms with E-state index in [0.717, 1.165) is 0 Å². The second kappa shape index (κ2) is 5.99. The Hall–Kier alpha value is -2.37. The first-order valence-corrected chi connectivity index (χ1v) is 6.04. The average molecular weight is 260 g/mol. The van der Waals surface area contributed by atoms with Gasteiger partial charge in [0.2, 0.25) is 5.95 Å². The fraction of sp³-hybridized carbons (Fsp3) is 0.308. The van der Waals surface area contributed by atoms with E-state index >= 15 is 0 Å². The van der Waals surface area contributed by atoms with E-state index in [-0.39, 0.29) is 5.91 Å². The minimum Gasteiger partial charge on any atom is -0.493 e. The van der Waals surface area contributed by atoms with Crippen LogP contribution in [0.3, 0.4) is 0 Å². The molecule has 0 spiro atoms. The number of rotatable bonds is 5. The van der Waals surface area contributed by atoms with E-state index in [1.54, 1.807) is 18.2 Å². The molecule has 0 saturated heterocycles. The van der Waals surface area contributed by atoms with Crippen molar-refractivity contribution in [1.29, 1.82) is 0 Å². The molecule has 1 aromatic carbocycles. The predicted molar refractivity (Wildman–Crippen MR) is 71.1 cm³/mol. The molecule has 1 heterocycles. The van der Waals surface area contributed by atoms with E-state index in [0.29, 0.717) is 29.8 Å². The Morgan fingerprint density at radius 3 is 3.00 bits per heavy atom. The topological polar surface area (TPSA) is 79.9 Å². The summed E-state index contributed by atoms with van der Waals surface area (Å²) in [5, 5.41) is 8.83. The lowest BCUT2D eigenvalue weighted by Crippen LogP contribution is -2.13. The molecule has 0 fully saturated rings. The number of aromatic amines is 1. The van der Waals surface area contributed by atoms with Crippen LogP contribution in [0.4, 0.5) is 5.95 Å². The molecular formula is C13H16N4O2. The molecule has 0 atom stereocenters. The molecule has 2 aromatic rings. The lowest BCUT2D eigenvalue weighted by Gasteiger charge is -2.09. The van der Waals surface area contributed by atoms with Gasteiger partial charge in [-0.2, -0.15) is 10.1 Å². The molecule has 19 heavy (non-hydrogen) atoms. The lowest BCUT2D eigenvalue weighted by atomic mass is 10.2. The Morgan fingerprint density at radius 2 is 2.32 bits per heavy atom. The second-order valence-electron chi connectivity index (χ2n) is 4.52. The highest BCUT2D eigenvalue weighted by Crippen LogP contribution is 2.15. The zero-order valence-electron chi connectivity index (χ0n) is 10.9. The number of ether oxygens (including phenoxy) is 1. The van der Waals surface area contributed by atoms with Gasteiger partial charge in [-0.1, -0.05) is 19.9 Å². The fourth-order valence-corrected chi connectivity index (χ4v) is 1.44. The number of benzene rings is 1. The van der Waals surface area contributed by atoms with Gasteiger partial charge >= 0.3 is 0 Å². The van der Waals surface area contributed by atoms with Crippen molar-refractivity contribution in [3.63, 3.8) is 0 Å². The van der Waals surface area contributed by atoms with Crippen LogP contribution in [0.5, 0.6) is 5.75 Å². The Bertz CT molecular complexity index is 537. The summed E-state index contributed by atoms with van der Waals surface area (Å²) < 4.78 is 5.58. The smallest absolute Gasteiger partial charge is 0.258 e. The van der Waals surface area contributed by atoms with Crippen LogP contribution in [0.1, 0.15) is 24.2 Å². The monoisotopic (exact) mass is 260 g/mol. The van der Waals surface area contributed by atoms with E-state index in [1.165, 1.54) is 6.33 Å². The number of amides is 1. The van der Waals surface area contributed by atoms with Gasteiger partial charge in [0.25, 0.3) is 5.91 Å². The van der Waals surface area contributed by atoms with Crippen molar-refractivity contribution in [2.75, 3.05) is 11.9 Å². The second-order valence-corrected chi connectivity index (χ2v) is 4.52. The zero-order chi connectivity index (χ0) is 13.7. The normalized spacial score (nSPS) is 10.5. The van der Waals surface area contributed by atoms with Crippen LogP contribution in [0.2, 0.25) is 0 Å². The minimum atomic E-state index is -0.258. The van der Waals surface area contributed by atoms with Gasteiger partial charge in [-0.05, 0) is 24.1 Å². The van der Waals surface area contributed by atoms with Gasteiger partial charge in [-0.25, -0.2) is 5.10 Å². The van der Waals surface area contributed by atoms with Crippen LogP contribution in [-0.4, -0.2) is 27.7 Å². The van der Waals surface area contributed by atoms with Crippen LogP contribution >= 0.6 is 0 Å². The van der Waals surface area contributed by atoms with Crippen molar-refractivity contribution in [1.82, 2.24) is 15.2 Å². The number of anilines is 1. The third-order valence-electron chi connectivity index (χ3n) is 2.33. The fourth-order valence-electron chi connectivity index (χ4n) is 1.44. The number of nitrogens with one attached hydrogen (secondary N) is 2. The van der Waals surface area contributed by atoms with E-state index < -0.39 is 0 Å². The van der Waals surface area contributed by atoms with Gasteiger partial charge in [-0.3, -0.25) is 10.1 Å². The molecule has 1 amide bonds. The maximum Gasteiger partial charge on any atom is 0.258 e. The molecule has 2 N–H and O–H groups in total. The maximum atomic E-state index is 11.9. The summed E-state index contributed by atoms with van der Waals surface area (Å²) in [6.45, 7) is 4.76. The molecule has 1 aromatic heterocycles. The Balaban J connectivity index is 2.03. The van der Waals surface area contributed by atoms with Gasteiger partial charge in [0.05, 0.1) is 6.61 Å². The van der Waals surface area contributed by atoms with Crippen molar-refractivity contribution in [2.45, 2.75) is 13.8 Å². The van der Waals surface area contributed by atoms with Crippen LogP contribution in [-0.2, 0) is 0 Å². The summed E-state index contributed by atoms with van der Waals surface area (Å²) >= 11 is 0. The summed E-state index contributed by atoms with van der Waals surface area (Å²) in [6, 6.07) is 7.03. The van der Waals surface area contributed by atoms with E-state index in [4.69, 9.17) is 4.74 Å². The summed E-state index contributed by atoms with van der Waals surface area (Å²) in [5.74, 6) is 1.18. The van der Waals surface area contributed by atoms with Crippen LogP contribution < -0.4 is 10.1 Å². The summed E-state index contributed by atoms with van der Waals surface area (Å²) in [4.78, 5) is 15.8. The highest BCUT2D eigenvalue weighted by molar-refractivity contribution is 6.03. The Kier molecular flexibility index (Phi) is 4.12. The van der Waals surface area contributed by atoms with E-state index in [2.05, 4.69) is 34.3 Å². The number of carbonyl (C=O) groups is 1. The maximum absolute atomic E-state index is 11.9. The van der Waals surface area contributed by atoms with Crippen LogP contribution in [0.15, 0.2) is 30.6 Å². The first-order valence-electron chi connectivity index (χ1n) is 6.04. The van der Waals surface area contributed by atoms with Gasteiger partial charge < -0.3 is 4.74 Å². The predicted octanol–water partition coefficient (Wildman–Crippen LogP) is 2.09. The summed E-state index contributed by atoms with van der Waals surface area (Å²) in [7, 11) is 0. The molecular weight excluding hydrogens is 244 g/mol. The summed E-state index contributed by atoms with van der Waals surface area (Å²) in [5.41, 5.74) is 0.512. The van der Waals surface area contributed by atoms with Crippen molar-refractivity contribution >= 4 is 11.9 Å².